The number of carbonyl (C=O) groups excluding carboxylic acids is 1. The first-order valence-electron chi connectivity index (χ1n) is 6.54. The van der Waals surface area contributed by atoms with E-state index in [-0.39, 0.29) is 16.0 Å². The summed E-state index contributed by atoms with van der Waals surface area (Å²) in [5.74, 6) is -0.885. The molecular weight excluding hydrogens is 282 g/mol. The quantitative estimate of drug-likeness (QED) is 0.898. The fourth-order valence-electron chi connectivity index (χ4n) is 2.29. The summed E-state index contributed by atoms with van der Waals surface area (Å²) in [5.41, 5.74) is -0.217. The standard InChI is InChI=1S/C14H18F2N2OS/c1-14(4-3-5-20-14)8-18-13(19)9-6-10(15)12(17-2)11(16)7-9/h6-7,17H,3-5,8H2,1-2H3,(H,18,19). The topological polar surface area (TPSA) is 41.1 Å². The zero-order valence-electron chi connectivity index (χ0n) is 11.6. The first-order valence-corrected chi connectivity index (χ1v) is 7.53. The minimum atomic E-state index is -0.765. The molecule has 3 nitrogen and oxygen atoms in total. The largest absolute Gasteiger partial charge is 0.383 e. The van der Waals surface area contributed by atoms with Crippen LogP contribution in [0.3, 0.4) is 0 Å². The maximum Gasteiger partial charge on any atom is 0.251 e. The molecule has 1 aromatic rings. The van der Waals surface area contributed by atoms with Gasteiger partial charge in [0.2, 0.25) is 0 Å². The number of halogens is 2. The van der Waals surface area contributed by atoms with E-state index >= 15 is 0 Å². The summed E-state index contributed by atoms with van der Waals surface area (Å²) in [7, 11) is 1.43. The van der Waals surface area contributed by atoms with Crippen molar-refractivity contribution in [2.24, 2.45) is 0 Å². The second-order valence-corrected chi connectivity index (χ2v) is 6.83. The predicted molar refractivity (Wildman–Crippen MR) is 78.3 cm³/mol. The molecule has 1 aliphatic heterocycles. The number of benzene rings is 1. The van der Waals surface area contributed by atoms with Crippen LogP contribution in [0.15, 0.2) is 12.1 Å². The molecule has 1 fully saturated rings. The molecule has 1 saturated heterocycles. The number of rotatable bonds is 4. The Bertz CT molecular complexity index is 493. The predicted octanol–water partition coefficient (Wildman–Crippen LogP) is 3.02. The Morgan fingerprint density at radius 2 is 2.05 bits per heavy atom. The number of carbonyl (C=O) groups is 1. The van der Waals surface area contributed by atoms with Crippen LogP contribution in [0.5, 0.6) is 0 Å². The summed E-state index contributed by atoms with van der Waals surface area (Å²) in [6.07, 6.45) is 2.18. The Morgan fingerprint density at radius 1 is 1.40 bits per heavy atom. The molecule has 0 aliphatic carbocycles. The molecule has 1 unspecified atom stereocenters. The van der Waals surface area contributed by atoms with Gasteiger partial charge in [0.05, 0.1) is 0 Å². The third-order valence-corrected chi connectivity index (χ3v) is 5.02. The minimum absolute atomic E-state index is 0.00518. The molecule has 0 spiro atoms. The van der Waals surface area contributed by atoms with Crippen molar-refractivity contribution in [2.45, 2.75) is 24.5 Å². The molecule has 1 heterocycles. The second-order valence-electron chi connectivity index (χ2n) is 5.15. The van der Waals surface area contributed by atoms with Gasteiger partial charge in [0.25, 0.3) is 5.91 Å². The molecule has 110 valence electrons. The van der Waals surface area contributed by atoms with Gasteiger partial charge in [-0.2, -0.15) is 11.8 Å². The van der Waals surface area contributed by atoms with Gasteiger partial charge in [0.1, 0.15) is 17.3 Å². The summed E-state index contributed by atoms with van der Waals surface area (Å²) in [5, 5.41) is 5.19. The van der Waals surface area contributed by atoms with Gasteiger partial charge in [-0.15, -0.1) is 0 Å². The number of hydrogen-bond donors (Lipinski definition) is 2. The van der Waals surface area contributed by atoms with Crippen molar-refractivity contribution in [3.8, 4) is 0 Å². The molecule has 1 aliphatic rings. The van der Waals surface area contributed by atoms with Crippen molar-refractivity contribution in [3.05, 3.63) is 29.3 Å². The van der Waals surface area contributed by atoms with Crippen LogP contribution < -0.4 is 10.6 Å². The van der Waals surface area contributed by atoms with Gasteiger partial charge >= 0.3 is 0 Å². The Kier molecular flexibility index (Phi) is 4.52. The lowest BCUT2D eigenvalue weighted by Crippen LogP contribution is -2.36. The van der Waals surface area contributed by atoms with E-state index in [4.69, 9.17) is 0 Å². The van der Waals surface area contributed by atoms with Crippen LogP contribution in [0.4, 0.5) is 14.5 Å². The smallest absolute Gasteiger partial charge is 0.251 e. The maximum absolute atomic E-state index is 13.6. The van der Waals surface area contributed by atoms with Crippen LogP contribution in [-0.4, -0.2) is 30.0 Å². The van der Waals surface area contributed by atoms with Crippen molar-refractivity contribution < 1.29 is 13.6 Å². The van der Waals surface area contributed by atoms with Gasteiger partial charge in [0.15, 0.2) is 0 Å². The third kappa shape index (κ3) is 3.23. The highest BCUT2D eigenvalue weighted by Crippen LogP contribution is 2.37. The number of nitrogens with one attached hydrogen (secondary N) is 2. The number of thioether (sulfide) groups is 1. The molecule has 2 rings (SSSR count). The van der Waals surface area contributed by atoms with Crippen LogP contribution in [0.25, 0.3) is 0 Å². The Labute approximate surface area is 121 Å². The van der Waals surface area contributed by atoms with E-state index in [9.17, 15) is 13.6 Å². The zero-order chi connectivity index (χ0) is 14.8. The molecule has 0 aromatic heterocycles. The summed E-state index contributed by atoms with van der Waals surface area (Å²) in [6.45, 7) is 2.60. The van der Waals surface area contributed by atoms with Crippen molar-refractivity contribution in [2.75, 3.05) is 24.7 Å². The van der Waals surface area contributed by atoms with E-state index < -0.39 is 17.5 Å². The third-order valence-electron chi connectivity index (χ3n) is 3.48. The van der Waals surface area contributed by atoms with Gasteiger partial charge < -0.3 is 10.6 Å². The molecule has 2 N–H and O–H groups in total. The second kappa shape index (κ2) is 5.99. The highest BCUT2D eigenvalue weighted by molar-refractivity contribution is 8.00. The summed E-state index contributed by atoms with van der Waals surface area (Å²) in [4.78, 5) is 12.0. The van der Waals surface area contributed by atoms with Gasteiger partial charge in [0, 0.05) is 23.9 Å². The highest BCUT2D eigenvalue weighted by atomic mass is 32.2. The van der Waals surface area contributed by atoms with E-state index in [1.54, 1.807) is 0 Å². The molecule has 0 bridgehead atoms. The van der Waals surface area contributed by atoms with E-state index in [0.717, 1.165) is 30.7 Å². The van der Waals surface area contributed by atoms with E-state index in [1.807, 2.05) is 11.8 Å². The van der Waals surface area contributed by atoms with Gasteiger partial charge in [-0.1, -0.05) is 0 Å². The van der Waals surface area contributed by atoms with Crippen molar-refractivity contribution in [1.82, 2.24) is 5.32 Å². The van der Waals surface area contributed by atoms with Crippen LogP contribution in [0.2, 0.25) is 0 Å². The van der Waals surface area contributed by atoms with E-state index in [0.29, 0.717) is 6.54 Å². The first-order chi connectivity index (χ1) is 9.45. The number of anilines is 1. The van der Waals surface area contributed by atoms with Crippen molar-refractivity contribution in [3.63, 3.8) is 0 Å². The SMILES string of the molecule is CNc1c(F)cc(C(=O)NCC2(C)CCCS2)cc1F. The van der Waals surface area contributed by atoms with Gasteiger partial charge in [-0.3, -0.25) is 4.79 Å². The molecule has 0 radical (unpaired) electrons. The Balaban J connectivity index is 2.06. The van der Waals surface area contributed by atoms with Gasteiger partial charge in [-0.25, -0.2) is 8.78 Å². The van der Waals surface area contributed by atoms with E-state index in [1.165, 1.54) is 7.05 Å². The molecule has 1 atom stereocenters. The lowest BCUT2D eigenvalue weighted by Gasteiger charge is -2.22. The number of amides is 1. The van der Waals surface area contributed by atoms with E-state index in [2.05, 4.69) is 17.6 Å². The summed E-state index contributed by atoms with van der Waals surface area (Å²) < 4.78 is 27.2. The molecule has 0 saturated carbocycles. The normalized spacial score (nSPS) is 21.8. The average Bonchev–Trinajstić information content (AvgIpc) is 2.83. The van der Waals surface area contributed by atoms with Crippen LogP contribution in [-0.2, 0) is 0 Å². The zero-order valence-corrected chi connectivity index (χ0v) is 12.4. The molecular formula is C14H18F2N2OS. The average molecular weight is 300 g/mol. The highest BCUT2D eigenvalue weighted by Gasteiger charge is 2.30. The maximum atomic E-state index is 13.6. The summed E-state index contributed by atoms with van der Waals surface area (Å²) in [6, 6.07) is 2.10. The Hall–Kier alpha value is -1.30. The molecule has 1 aromatic carbocycles. The number of hydrogen-bond acceptors (Lipinski definition) is 3. The van der Waals surface area contributed by atoms with Crippen molar-refractivity contribution in [1.29, 1.82) is 0 Å². The Morgan fingerprint density at radius 3 is 2.55 bits per heavy atom. The van der Waals surface area contributed by atoms with Crippen LogP contribution >= 0.6 is 11.8 Å². The molecule has 20 heavy (non-hydrogen) atoms. The monoisotopic (exact) mass is 300 g/mol. The summed E-state index contributed by atoms with van der Waals surface area (Å²) >= 11 is 1.82. The fraction of sp³-hybridized carbons (Fsp3) is 0.500. The lowest BCUT2D eigenvalue weighted by atomic mass is 10.1. The first kappa shape index (κ1) is 15.1. The van der Waals surface area contributed by atoms with Crippen LogP contribution in [0, 0.1) is 11.6 Å². The van der Waals surface area contributed by atoms with Crippen LogP contribution in [0.1, 0.15) is 30.1 Å². The fourth-order valence-corrected chi connectivity index (χ4v) is 3.53. The van der Waals surface area contributed by atoms with Gasteiger partial charge in [-0.05, 0) is 37.7 Å². The molecule has 6 heteroatoms. The van der Waals surface area contributed by atoms with Crippen molar-refractivity contribution >= 4 is 23.4 Å². The lowest BCUT2D eigenvalue weighted by molar-refractivity contribution is 0.0949. The minimum Gasteiger partial charge on any atom is -0.383 e. The molecule has 1 amide bonds.